The Morgan fingerprint density at radius 3 is 2.35 bits per heavy atom. The quantitative estimate of drug-likeness (QED) is 0.342. The van der Waals surface area contributed by atoms with Gasteiger partial charge in [0.15, 0.2) is 8.32 Å². The molecule has 0 saturated heterocycles. The number of benzene rings is 1. The number of rotatable bonds is 6. The van der Waals surface area contributed by atoms with Gasteiger partial charge in [0.05, 0.1) is 0 Å². The summed E-state index contributed by atoms with van der Waals surface area (Å²) in [7, 11) is -1.69. The summed E-state index contributed by atoms with van der Waals surface area (Å²) in [6.07, 6.45) is 4.38. The second kappa shape index (κ2) is 7.44. The van der Waals surface area contributed by atoms with Crippen molar-refractivity contribution >= 4 is 20.1 Å². The zero-order valence-corrected chi connectivity index (χ0v) is 17.2. The number of hydrogen-bond donors (Lipinski definition) is 0. The van der Waals surface area contributed by atoms with Crippen LogP contribution in [0.3, 0.4) is 0 Å². The van der Waals surface area contributed by atoms with Crippen LogP contribution in [0, 0.1) is 5.92 Å². The maximum Gasteiger partial charge on any atom is 0.192 e. The molecule has 23 heavy (non-hydrogen) atoms. The SMILES string of the molecule is CCSc1ccc(C2C=C=C[C@H]2CO[Si](C)(C)C(C)(C)C)cc1. The normalized spacial score (nSPS) is 21.1. The summed E-state index contributed by atoms with van der Waals surface area (Å²) in [6.45, 7) is 14.5. The lowest BCUT2D eigenvalue weighted by Gasteiger charge is -2.37. The Bertz CT molecular complexity index is 577. The van der Waals surface area contributed by atoms with Gasteiger partial charge in [-0.1, -0.05) is 39.8 Å². The van der Waals surface area contributed by atoms with E-state index in [1.54, 1.807) is 0 Å². The molecule has 0 aromatic heterocycles. The minimum absolute atomic E-state index is 0.261. The third-order valence-corrected chi connectivity index (χ3v) is 10.5. The molecule has 126 valence electrons. The van der Waals surface area contributed by atoms with Gasteiger partial charge in [0.25, 0.3) is 0 Å². The molecular weight excluding hydrogens is 316 g/mol. The fourth-order valence-corrected chi connectivity index (χ4v) is 4.18. The van der Waals surface area contributed by atoms with Crippen molar-refractivity contribution < 1.29 is 4.43 Å². The first-order chi connectivity index (χ1) is 10.7. The Morgan fingerprint density at radius 2 is 1.78 bits per heavy atom. The van der Waals surface area contributed by atoms with Crippen LogP contribution in [0.4, 0.5) is 0 Å². The van der Waals surface area contributed by atoms with Crippen LogP contribution in [0.15, 0.2) is 47.0 Å². The fraction of sp³-hybridized carbons (Fsp3) is 0.550. The molecule has 1 aliphatic rings. The molecular formula is C20H30OSSi. The van der Waals surface area contributed by atoms with E-state index in [1.807, 2.05) is 11.8 Å². The van der Waals surface area contributed by atoms with Crippen molar-refractivity contribution in [2.75, 3.05) is 12.4 Å². The molecule has 0 aliphatic heterocycles. The summed E-state index contributed by atoms with van der Waals surface area (Å²) in [4.78, 5) is 1.35. The van der Waals surface area contributed by atoms with Gasteiger partial charge in [-0.05, 0) is 53.7 Å². The summed E-state index contributed by atoms with van der Waals surface area (Å²) in [6, 6.07) is 9.00. The van der Waals surface area contributed by atoms with Crippen LogP contribution in [0.25, 0.3) is 0 Å². The molecule has 2 rings (SSSR count). The van der Waals surface area contributed by atoms with Gasteiger partial charge in [0.1, 0.15) is 0 Å². The fourth-order valence-electron chi connectivity index (χ4n) is 2.48. The molecule has 0 radical (unpaired) electrons. The van der Waals surface area contributed by atoms with Gasteiger partial charge in [-0.25, -0.2) is 0 Å². The lowest BCUT2D eigenvalue weighted by atomic mass is 9.90. The highest BCUT2D eigenvalue weighted by atomic mass is 32.2. The van der Waals surface area contributed by atoms with E-state index in [0.717, 1.165) is 12.4 Å². The predicted molar refractivity (Wildman–Crippen MR) is 105 cm³/mol. The molecule has 1 aromatic carbocycles. The highest BCUT2D eigenvalue weighted by Crippen LogP contribution is 2.38. The van der Waals surface area contributed by atoms with Gasteiger partial charge in [-0.15, -0.1) is 17.5 Å². The van der Waals surface area contributed by atoms with Crippen LogP contribution in [0.2, 0.25) is 18.1 Å². The average Bonchev–Trinajstić information content (AvgIpc) is 2.94. The number of thioether (sulfide) groups is 1. The lowest BCUT2D eigenvalue weighted by Crippen LogP contribution is -2.42. The summed E-state index contributed by atoms with van der Waals surface area (Å²) in [5, 5.41) is 0.261. The molecule has 3 heteroatoms. The first-order valence-corrected chi connectivity index (χ1v) is 12.4. The van der Waals surface area contributed by atoms with E-state index < -0.39 is 8.32 Å². The van der Waals surface area contributed by atoms with Crippen molar-refractivity contribution in [2.24, 2.45) is 5.92 Å². The molecule has 1 aliphatic carbocycles. The maximum absolute atomic E-state index is 6.44. The van der Waals surface area contributed by atoms with Gasteiger partial charge in [0.2, 0.25) is 0 Å². The predicted octanol–water partition coefficient (Wildman–Crippen LogP) is 6.25. The molecule has 0 amide bonds. The third-order valence-electron chi connectivity index (χ3n) is 5.07. The zero-order chi connectivity index (χ0) is 17.1. The maximum atomic E-state index is 6.44. The van der Waals surface area contributed by atoms with Crippen LogP contribution >= 0.6 is 11.8 Å². The van der Waals surface area contributed by atoms with Crippen molar-refractivity contribution in [1.29, 1.82) is 0 Å². The highest BCUT2D eigenvalue weighted by molar-refractivity contribution is 7.99. The molecule has 0 bridgehead atoms. The molecule has 0 N–H and O–H groups in total. The largest absolute Gasteiger partial charge is 0.416 e. The monoisotopic (exact) mass is 346 g/mol. The molecule has 1 aromatic rings. The molecule has 0 spiro atoms. The second-order valence-corrected chi connectivity index (χ2v) is 13.9. The summed E-state index contributed by atoms with van der Waals surface area (Å²) in [5.41, 5.74) is 4.69. The van der Waals surface area contributed by atoms with Gasteiger partial charge in [-0.2, -0.15) is 0 Å². The van der Waals surface area contributed by atoms with Crippen LogP contribution in [-0.2, 0) is 4.43 Å². The molecule has 0 fully saturated rings. The van der Waals surface area contributed by atoms with Crippen molar-refractivity contribution in [3.63, 3.8) is 0 Å². The van der Waals surface area contributed by atoms with Crippen molar-refractivity contribution in [2.45, 2.75) is 56.6 Å². The van der Waals surface area contributed by atoms with E-state index in [1.165, 1.54) is 10.5 Å². The molecule has 1 nitrogen and oxygen atoms in total. The van der Waals surface area contributed by atoms with Crippen LogP contribution < -0.4 is 0 Å². The van der Waals surface area contributed by atoms with E-state index in [0.29, 0.717) is 11.8 Å². The van der Waals surface area contributed by atoms with Crippen molar-refractivity contribution in [3.8, 4) is 0 Å². The zero-order valence-electron chi connectivity index (χ0n) is 15.3. The van der Waals surface area contributed by atoms with E-state index in [4.69, 9.17) is 4.43 Å². The minimum Gasteiger partial charge on any atom is -0.416 e. The molecule has 0 heterocycles. The Morgan fingerprint density at radius 1 is 1.13 bits per heavy atom. The summed E-state index contributed by atoms with van der Waals surface area (Å²) < 4.78 is 6.44. The highest BCUT2D eigenvalue weighted by Gasteiger charge is 2.38. The van der Waals surface area contributed by atoms with E-state index >= 15 is 0 Å². The van der Waals surface area contributed by atoms with Gasteiger partial charge < -0.3 is 4.43 Å². The third kappa shape index (κ3) is 4.64. The van der Waals surface area contributed by atoms with Crippen LogP contribution in [-0.4, -0.2) is 20.7 Å². The Hall–Kier alpha value is -0.733. The van der Waals surface area contributed by atoms with Crippen molar-refractivity contribution in [1.82, 2.24) is 0 Å². The smallest absolute Gasteiger partial charge is 0.192 e. The lowest BCUT2D eigenvalue weighted by molar-refractivity contribution is 0.245. The Labute approximate surface area is 147 Å². The Balaban J connectivity index is 2.02. The van der Waals surface area contributed by atoms with E-state index in [9.17, 15) is 0 Å². The summed E-state index contributed by atoms with van der Waals surface area (Å²) >= 11 is 1.89. The van der Waals surface area contributed by atoms with Crippen molar-refractivity contribution in [3.05, 3.63) is 47.7 Å². The van der Waals surface area contributed by atoms with Gasteiger partial charge >= 0.3 is 0 Å². The first kappa shape index (κ1) is 18.6. The second-order valence-electron chi connectivity index (χ2n) is 7.76. The van der Waals surface area contributed by atoms with Crippen LogP contribution in [0.1, 0.15) is 39.2 Å². The van der Waals surface area contributed by atoms with E-state index in [2.05, 4.69) is 82.9 Å². The number of hydrogen-bond acceptors (Lipinski definition) is 2. The molecule has 2 atom stereocenters. The minimum atomic E-state index is -1.69. The van der Waals surface area contributed by atoms with Gasteiger partial charge in [-0.3, -0.25) is 0 Å². The van der Waals surface area contributed by atoms with Gasteiger partial charge in [0, 0.05) is 23.3 Å². The topological polar surface area (TPSA) is 9.23 Å². The first-order valence-electron chi connectivity index (χ1n) is 8.54. The standard InChI is InChI=1S/C20H30OSSi/c1-7-22-18-13-11-16(12-14-18)19-10-8-9-17(19)15-21-23(5,6)20(2,3)4/h9-14,17,19H,7,15H2,1-6H3/t17-,19?/m0/s1. The van der Waals surface area contributed by atoms with E-state index in [-0.39, 0.29) is 5.04 Å². The average molecular weight is 347 g/mol. The van der Waals surface area contributed by atoms with Crippen LogP contribution in [0.5, 0.6) is 0 Å². The molecule has 0 saturated carbocycles. The molecule has 1 unspecified atom stereocenters. The summed E-state index contributed by atoms with van der Waals surface area (Å²) in [5.74, 6) is 1.93. The Kier molecular flexibility index (Phi) is 6.02.